The second kappa shape index (κ2) is 8.79. The van der Waals surface area contributed by atoms with Crippen LogP contribution in [-0.2, 0) is 0 Å². The Morgan fingerprint density at radius 1 is 0.722 bits per heavy atom. The fourth-order valence-electron chi connectivity index (χ4n) is 4.16. The average molecular weight is 492 g/mol. The second-order valence-electron chi connectivity index (χ2n) is 8.22. The molecule has 3 aromatic heterocycles. The van der Waals surface area contributed by atoms with Crippen LogP contribution < -0.4 is 11.1 Å². The molecule has 0 unspecified atom stereocenters. The first kappa shape index (κ1) is 21.8. The van der Waals surface area contributed by atoms with Gasteiger partial charge in [-0.15, -0.1) is 0 Å². The van der Waals surface area contributed by atoms with Crippen LogP contribution in [-0.4, -0.2) is 24.5 Å². The average Bonchev–Trinajstić information content (AvgIpc) is 3.30. The molecule has 0 radical (unpaired) electrons. The highest BCUT2D eigenvalue weighted by Crippen LogP contribution is 2.29. The minimum atomic E-state index is -0.335. The van der Waals surface area contributed by atoms with E-state index >= 15 is 0 Å². The summed E-state index contributed by atoms with van der Waals surface area (Å²) < 4.78 is 1.88. The number of hydrogen-bond acceptors (Lipinski definition) is 4. The van der Waals surface area contributed by atoms with Crippen LogP contribution in [0.1, 0.15) is 0 Å². The minimum Gasteiger partial charge on any atom is -0.329 e. The highest BCUT2D eigenvalue weighted by molar-refractivity contribution is 6.30. The number of nitrogens with zero attached hydrogens (tertiary/aromatic N) is 3. The summed E-state index contributed by atoms with van der Waals surface area (Å²) >= 11 is 6.09. The van der Waals surface area contributed by atoms with Gasteiger partial charge >= 0.3 is 0 Å². The number of H-pyrrole nitrogens is 2. The molecule has 0 bridgehead atoms. The molecule has 3 heterocycles. The number of fused-ring (bicyclic) bond motifs is 1. The molecule has 7 nitrogen and oxygen atoms in total. The molecular formula is C28H18ClN5O2. The van der Waals surface area contributed by atoms with E-state index in [-0.39, 0.29) is 16.6 Å². The topological polar surface area (TPSA) is 96.4 Å². The maximum absolute atomic E-state index is 13.2. The number of halogens is 1. The van der Waals surface area contributed by atoms with Gasteiger partial charge in [-0.1, -0.05) is 54.1 Å². The van der Waals surface area contributed by atoms with E-state index in [0.717, 1.165) is 27.9 Å². The summed E-state index contributed by atoms with van der Waals surface area (Å²) in [5.41, 5.74) is 4.25. The molecule has 6 aromatic rings. The van der Waals surface area contributed by atoms with E-state index < -0.39 is 0 Å². The van der Waals surface area contributed by atoms with Crippen LogP contribution in [0.4, 0.5) is 0 Å². The minimum absolute atomic E-state index is 0.168. The second-order valence-corrected chi connectivity index (χ2v) is 8.66. The number of imidazole rings is 1. The van der Waals surface area contributed by atoms with Gasteiger partial charge in [0.05, 0.1) is 0 Å². The number of benzene rings is 3. The lowest BCUT2D eigenvalue weighted by Crippen LogP contribution is -2.10. The third-order valence-corrected chi connectivity index (χ3v) is 6.15. The molecule has 2 N–H and O–H groups in total. The SMILES string of the molecule is O=c1cc(-c2ccc(-c3nc4c(nc(-c5ccc(Cl)cc5)n4-c4ccccc4)c(=O)[nH]3)cc2)cc[nH]1. The number of aromatic amines is 2. The van der Waals surface area contributed by atoms with E-state index in [2.05, 4.69) is 15.0 Å². The van der Waals surface area contributed by atoms with Crippen molar-refractivity contribution in [2.45, 2.75) is 0 Å². The molecule has 36 heavy (non-hydrogen) atoms. The van der Waals surface area contributed by atoms with Gasteiger partial charge in [0.2, 0.25) is 5.56 Å². The lowest BCUT2D eigenvalue weighted by molar-refractivity contribution is 1.07. The van der Waals surface area contributed by atoms with Crippen LogP contribution in [0.15, 0.2) is 107 Å². The van der Waals surface area contributed by atoms with Gasteiger partial charge in [0, 0.05) is 34.1 Å². The molecule has 0 saturated heterocycles. The van der Waals surface area contributed by atoms with Crippen molar-refractivity contribution < 1.29 is 0 Å². The summed E-state index contributed by atoms with van der Waals surface area (Å²) in [4.78, 5) is 39.8. The summed E-state index contributed by atoms with van der Waals surface area (Å²) in [6.07, 6.45) is 1.61. The summed E-state index contributed by atoms with van der Waals surface area (Å²) in [5, 5.41) is 0.614. The quantitative estimate of drug-likeness (QED) is 0.342. The van der Waals surface area contributed by atoms with Crippen LogP contribution in [0.2, 0.25) is 5.02 Å². The van der Waals surface area contributed by atoms with Gasteiger partial charge in [-0.3, -0.25) is 14.2 Å². The van der Waals surface area contributed by atoms with Gasteiger partial charge in [0.1, 0.15) is 11.6 Å². The number of pyridine rings is 1. The van der Waals surface area contributed by atoms with E-state index in [9.17, 15) is 9.59 Å². The van der Waals surface area contributed by atoms with E-state index in [1.165, 1.54) is 6.07 Å². The molecular weight excluding hydrogens is 474 g/mol. The van der Waals surface area contributed by atoms with Crippen molar-refractivity contribution in [3.8, 4) is 39.6 Å². The van der Waals surface area contributed by atoms with Crippen LogP contribution in [0.3, 0.4) is 0 Å². The molecule has 0 aliphatic carbocycles. The van der Waals surface area contributed by atoms with Gasteiger partial charge in [-0.2, -0.15) is 0 Å². The standard InChI is InChI=1S/C28H18ClN5O2/c29-21-12-10-19(11-13-21)26-31-24-27(34(26)22-4-2-1-3-5-22)32-25(33-28(24)36)18-8-6-17(7-9-18)20-14-15-30-23(35)16-20/h1-16H,(H,30,35)(H,32,33,36). The fraction of sp³-hybridized carbons (Fsp3) is 0. The largest absolute Gasteiger partial charge is 0.329 e. The van der Waals surface area contributed by atoms with Gasteiger partial charge < -0.3 is 9.97 Å². The van der Waals surface area contributed by atoms with Crippen LogP contribution in [0, 0.1) is 0 Å². The Balaban J connectivity index is 1.53. The predicted octanol–water partition coefficient (Wildman–Crippen LogP) is 5.45. The Morgan fingerprint density at radius 2 is 1.42 bits per heavy atom. The van der Waals surface area contributed by atoms with E-state index in [0.29, 0.717) is 22.3 Å². The monoisotopic (exact) mass is 491 g/mol. The van der Waals surface area contributed by atoms with Crippen LogP contribution in [0.25, 0.3) is 50.8 Å². The first-order valence-electron chi connectivity index (χ1n) is 11.2. The normalized spacial score (nSPS) is 11.1. The highest BCUT2D eigenvalue weighted by Gasteiger charge is 2.19. The van der Waals surface area contributed by atoms with Gasteiger partial charge in [-0.25, -0.2) is 9.97 Å². The Hall–Kier alpha value is -4.75. The number of aromatic nitrogens is 5. The van der Waals surface area contributed by atoms with Gasteiger partial charge in [0.15, 0.2) is 11.2 Å². The Kier molecular flexibility index (Phi) is 5.32. The molecule has 3 aromatic carbocycles. The highest BCUT2D eigenvalue weighted by atomic mass is 35.5. The van der Waals surface area contributed by atoms with E-state index in [1.54, 1.807) is 18.3 Å². The molecule has 0 aliphatic heterocycles. The van der Waals surface area contributed by atoms with Crippen molar-refractivity contribution in [2.75, 3.05) is 0 Å². The van der Waals surface area contributed by atoms with Crippen molar-refractivity contribution in [1.82, 2.24) is 24.5 Å². The molecule has 6 rings (SSSR count). The van der Waals surface area contributed by atoms with Crippen molar-refractivity contribution in [2.24, 2.45) is 0 Å². The van der Waals surface area contributed by atoms with Gasteiger partial charge in [0.25, 0.3) is 5.56 Å². The molecule has 0 spiro atoms. The number of rotatable bonds is 4. The summed E-state index contributed by atoms with van der Waals surface area (Å²) in [6.45, 7) is 0. The Labute approximate surface area is 209 Å². The van der Waals surface area contributed by atoms with Crippen molar-refractivity contribution >= 4 is 22.8 Å². The molecule has 0 atom stereocenters. The fourth-order valence-corrected chi connectivity index (χ4v) is 4.29. The summed E-state index contributed by atoms with van der Waals surface area (Å²) in [6, 6.07) is 27.9. The first-order chi connectivity index (χ1) is 17.6. The number of hydrogen-bond donors (Lipinski definition) is 2. The molecule has 0 amide bonds. The van der Waals surface area contributed by atoms with E-state index in [1.807, 2.05) is 77.4 Å². The lowest BCUT2D eigenvalue weighted by atomic mass is 10.0. The maximum Gasteiger partial charge on any atom is 0.279 e. The summed E-state index contributed by atoms with van der Waals surface area (Å²) in [7, 11) is 0. The molecule has 8 heteroatoms. The zero-order valence-electron chi connectivity index (χ0n) is 18.8. The lowest BCUT2D eigenvalue weighted by Gasteiger charge is -2.10. The molecule has 0 fully saturated rings. The number of nitrogens with one attached hydrogen (secondary N) is 2. The van der Waals surface area contributed by atoms with Crippen molar-refractivity contribution in [1.29, 1.82) is 0 Å². The number of para-hydroxylation sites is 1. The molecule has 0 aliphatic rings. The predicted molar refractivity (Wildman–Crippen MR) is 141 cm³/mol. The summed E-state index contributed by atoms with van der Waals surface area (Å²) in [5.74, 6) is 1.01. The Morgan fingerprint density at radius 3 is 2.14 bits per heavy atom. The first-order valence-corrected chi connectivity index (χ1v) is 11.6. The Bertz CT molecular complexity index is 1820. The third-order valence-electron chi connectivity index (χ3n) is 5.90. The zero-order chi connectivity index (χ0) is 24.6. The van der Waals surface area contributed by atoms with Crippen molar-refractivity contribution in [3.63, 3.8) is 0 Å². The smallest absolute Gasteiger partial charge is 0.279 e. The molecule has 174 valence electrons. The third kappa shape index (κ3) is 3.91. The maximum atomic E-state index is 13.2. The van der Waals surface area contributed by atoms with Crippen molar-refractivity contribution in [3.05, 3.63) is 123 Å². The molecule has 0 saturated carbocycles. The van der Waals surface area contributed by atoms with Crippen LogP contribution in [0.5, 0.6) is 0 Å². The van der Waals surface area contributed by atoms with Crippen LogP contribution >= 0.6 is 11.6 Å². The zero-order valence-corrected chi connectivity index (χ0v) is 19.5. The van der Waals surface area contributed by atoms with E-state index in [4.69, 9.17) is 16.6 Å². The van der Waals surface area contributed by atoms with Gasteiger partial charge in [-0.05, 0) is 53.6 Å².